The minimum absolute atomic E-state index is 0.0215. The van der Waals surface area contributed by atoms with E-state index < -0.39 is 0 Å². The van der Waals surface area contributed by atoms with Crippen LogP contribution in [0.25, 0.3) is 0 Å². The number of amides is 1. The number of nitriles is 1. The van der Waals surface area contributed by atoms with Crippen molar-refractivity contribution in [2.45, 2.75) is 46.1 Å². The second-order valence-corrected chi connectivity index (χ2v) is 7.98. The summed E-state index contributed by atoms with van der Waals surface area (Å²) in [5, 5.41) is 16.5. The van der Waals surface area contributed by atoms with Crippen LogP contribution in [0.5, 0.6) is 5.75 Å². The van der Waals surface area contributed by atoms with Gasteiger partial charge in [0.1, 0.15) is 16.8 Å². The predicted octanol–water partition coefficient (Wildman–Crippen LogP) is 4.10. The maximum Gasteiger partial charge on any atom is 0.225 e. The summed E-state index contributed by atoms with van der Waals surface area (Å²) in [7, 11) is 0. The van der Waals surface area contributed by atoms with Crippen LogP contribution in [0.2, 0.25) is 0 Å². The van der Waals surface area contributed by atoms with Gasteiger partial charge in [0, 0.05) is 17.8 Å². The van der Waals surface area contributed by atoms with Crippen molar-refractivity contribution in [3.8, 4) is 11.8 Å². The molecule has 0 fully saturated rings. The normalized spacial score (nSPS) is 14.1. The molecule has 1 aliphatic rings. The van der Waals surface area contributed by atoms with Crippen molar-refractivity contribution in [3.05, 3.63) is 45.3 Å². The van der Waals surface area contributed by atoms with E-state index >= 15 is 0 Å². The summed E-state index contributed by atoms with van der Waals surface area (Å²) in [6.45, 7) is 8.26. The first kappa shape index (κ1) is 19.4. The Morgan fingerprint density at radius 1 is 1.48 bits per heavy atom. The Morgan fingerprint density at radius 3 is 3.04 bits per heavy atom. The fourth-order valence-electron chi connectivity index (χ4n) is 3.45. The molecule has 1 amide bonds. The van der Waals surface area contributed by atoms with Gasteiger partial charge in [-0.3, -0.25) is 4.79 Å². The third-order valence-corrected chi connectivity index (χ3v) is 5.93. The summed E-state index contributed by atoms with van der Waals surface area (Å²) in [6.07, 6.45) is 1.18. The molecule has 0 radical (unpaired) electrons. The molecule has 2 heterocycles. The van der Waals surface area contributed by atoms with E-state index in [4.69, 9.17) is 4.74 Å². The molecule has 1 aromatic carbocycles. The van der Waals surface area contributed by atoms with Crippen LogP contribution in [0.4, 0.5) is 5.00 Å². The van der Waals surface area contributed by atoms with Gasteiger partial charge in [0.15, 0.2) is 0 Å². The summed E-state index contributed by atoms with van der Waals surface area (Å²) in [6, 6.07) is 8.35. The fraction of sp³-hybridized carbons (Fsp3) is 0.429. The van der Waals surface area contributed by atoms with Crippen LogP contribution in [0.1, 0.15) is 53.3 Å². The van der Waals surface area contributed by atoms with Crippen molar-refractivity contribution in [2.24, 2.45) is 0 Å². The van der Waals surface area contributed by atoms with Crippen LogP contribution in [0.15, 0.2) is 18.2 Å². The number of fused-ring (bicyclic) bond motifs is 1. The van der Waals surface area contributed by atoms with E-state index in [1.807, 2.05) is 32.9 Å². The van der Waals surface area contributed by atoms with Crippen LogP contribution in [-0.4, -0.2) is 19.1 Å². The molecule has 1 aromatic heterocycles. The molecular weight excluding hydrogens is 358 g/mol. The quantitative estimate of drug-likeness (QED) is 0.787. The Morgan fingerprint density at radius 2 is 2.30 bits per heavy atom. The number of carbonyl (C=O) groups is 1. The van der Waals surface area contributed by atoms with E-state index in [2.05, 4.69) is 22.8 Å². The Balaban J connectivity index is 1.74. The molecular formula is C21H25N3O2S. The van der Waals surface area contributed by atoms with E-state index in [9.17, 15) is 10.1 Å². The SMILES string of the molecule is CCOc1ccc(C)cc1C(C)CC(=O)Nc1sc2c(c1C#N)CCNC2. The average molecular weight is 384 g/mol. The fourth-order valence-corrected chi connectivity index (χ4v) is 4.63. The minimum Gasteiger partial charge on any atom is -0.494 e. The third-order valence-electron chi connectivity index (χ3n) is 4.78. The number of ether oxygens (including phenoxy) is 1. The predicted molar refractivity (Wildman–Crippen MR) is 108 cm³/mol. The second kappa shape index (κ2) is 8.55. The highest BCUT2D eigenvalue weighted by atomic mass is 32.1. The van der Waals surface area contributed by atoms with Crippen LogP contribution in [-0.2, 0) is 17.8 Å². The van der Waals surface area contributed by atoms with Crippen LogP contribution in [0.3, 0.4) is 0 Å². The topological polar surface area (TPSA) is 74.1 Å². The lowest BCUT2D eigenvalue weighted by molar-refractivity contribution is -0.116. The van der Waals surface area contributed by atoms with Crippen molar-refractivity contribution in [3.63, 3.8) is 0 Å². The Hall–Kier alpha value is -2.36. The van der Waals surface area contributed by atoms with Crippen molar-refractivity contribution in [1.82, 2.24) is 5.32 Å². The first-order chi connectivity index (χ1) is 13.0. The largest absolute Gasteiger partial charge is 0.494 e. The van der Waals surface area contributed by atoms with Crippen molar-refractivity contribution < 1.29 is 9.53 Å². The maximum atomic E-state index is 12.7. The summed E-state index contributed by atoms with van der Waals surface area (Å²) in [5.74, 6) is 0.779. The number of carbonyl (C=O) groups excluding carboxylic acids is 1. The van der Waals surface area contributed by atoms with Gasteiger partial charge in [-0.1, -0.05) is 24.6 Å². The molecule has 0 aliphatic carbocycles. The summed E-state index contributed by atoms with van der Waals surface area (Å²) in [4.78, 5) is 13.8. The van der Waals surface area contributed by atoms with Gasteiger partial charge in [-0.05, 0) is 49.9 Å². The number of benzene rings is 1. The molecule has 5 nitrogen and oxygen atoms in total. The summed E-state index contributed by atoms with van der Waals surface area (Å²) >= 11 is 1.51. The van der Waals surface area contributed by atoms with Crippen LogP contribution in [0, 0.1) is 18.3 Å². The van der Waals surface area contributed by atoms with Crippen LogP contribution < -0.4 is 15.4 Å². The monoisotopic (exact) mass is 383 g/mol. The summed E-state index contributed by atoms with van der Waals surface area (Å²) in [5.41, 5.74) is 3.90. The molecule has 142 valence electrons. The molecule has 2 N–H and O–H groups in total. The van der Waals surface area contributed by atoms with Crippen molar-refractivity contribution >= 4 is 22.2 Å². The number of nitrogens with zero attached hydrogens (tertiary/aromatic N) is 1. The van der Waals surface area contributed by atoms with E-state index in [0.29, 0.717) is 23.6 Å². The van der Waals surface area contributed by atoms with Gasteiger partial charge >= 0.3 is 0 Å². The number of rotatable bonds is 6. The van der Waals surface area contributed by atoms with Gasteiger partial charge in [-0.15, -0.1) is 11.3 Å². The molecule has 27 heavy (non-hydrogen) atoms. The Labute approximate surface area is 164 Å². The zero-order valence-corrected chi connectivity index (χ0v) is 16.8. The molecule has 0 bridgehead atoms. The lowest BCUT2D eigenvalue weighted by Crippen LogP contribution is -2.22. The smallest absolute Gasteiger partial charge is 0.225 e. The number of nitrogens with one attached hydrogen (secondary N) is 2. The highest BCUT2D eigenvalue weighted by molar-refractivity contribution is 7.16. The highest BCUT2D eigenvalue weighted by Crippen LogP contribution is 2.36. The molecule has 0 saturated carbocycles. The zero-order valence-electron chi connectivity index (χ0n) is 16.0. The molecule has 6 heteroatoms. The van der Waals surface area contributed by atoms with Crippen molar-refractivity contribution in [1.29, 1.82) is 5.26 Å². The lowest BCUT2D eigenvalue weighted by Gasteiger charge is -2.17. The van der Waals surface area contributed by atoms with Gasteiger partial charge < -0.3 is 15.4 Å². The molecule has 1 unspecified atom stereocenters. The number of hydrogen-bond acceptors (Lipinski definition) is 5. The Kier molecular flexibility index (Phi) is 6.15. The van der Waals surface area contributed by atoms with Gasteiger partial charge in [0.25, 0.3) is 0 Å². The van der Waals surface area contributed by atoms with Gasteiger partial charge in [-0.25, -0.2) is 0 Å². The number of aryl methyl sites for hydroxylation is 1. The molecule has 1 atom stereocenters. The molecule has 3 rings (SSSR count). The maximum absolute atomic E-state index is 12.7. The number of hydrogen-bond donors (Lipinski definition) is 2. The van der Waals surface area contributed by atoms with Gasteiger partial charge in [-0.2, -0.15) is 5.26 Å². The summed E-state index contributed by atoms with van der Waals surface area (Å²) < 4.78 is 5.72. The Bertz CT molecular complexity index is 882. The van der Waals surface area contributed by atoms with E-state index in [1.165, 1.54) is 11.3 Å². The number of anilines is 1. The molecule has 1 aliphatic heterocycles. The zero-order chi connectivity index (χ0) is 19.4. The first-order valence-electron chi connectivity index (χ1n) is 9.32. The average Bonchev–Trinajstić information content (AvgIpc) is 2.99. The van der Waals surface area contributed by atoms with Crippen molar-refractivity contribution in [2.75, 3.05) is 18.5 Å². The molecule has 0 saturated heterocycles. The van der Waals surface area contributed by atoms with Crippen LogP contribution >= 0.6 is 11.3 Å². The third kappa shape index (κ3) is 4.32. The lowest BCUT2D eigenvalue weighted by atomic mass is 9.95. The van der Waals surface area contributed by atoms with E-state index in [0.717, 1.165) is 46.8 Å². The first-order valence-corrected chi connectivity index (χ1v) is 10.1. The molecule has 2 aromatic rings. The molecule has 0 spiro atoms. The standard InChI is InChI=1S/C21H25N3O2S/c1-4-26-18-6-5-13(2)9-16(18)14(3)10-20(25)24-21-17(11-22)15-7-8-23-12-19(15)27-21/h5-6,9,14,23H,4,7-8,10,12H2,1-3H3,(H,24,25). The van der Waals surface area contributed by atoms with Gasteiger partial charge in [0.2, 0.25) is 5.91 Å². The van der Waals surface area contributed by atoms with E-state index in [-0.39, 0.29) is 11.8 Å². The second-order valence-electron chi connectivity index (χ2n) is 6.87. The minimum atomic E-state index is -0.0745. The van der Waals surface area contributed by atoms with E-state index in [1.54, 1.807) is 0 Å². The van der Waals surface area contributed by atoms with Gasteiger partial charge in [0.05, 0.1) is 12.2 Å². The highest BCUT2D eigenvalue weighted by Gasteiger charge is 2.23. The number of thiophene rings is 1.